The van der Waals surface area contributed by atoms with Crippen LogP contribution in [0.1, 0.15) is 51.9 Å². The highest BCUT2D eigenvalue weighted by molar-refractivity contribution is 4.91. The fraction of sp³-hybridized carbons (Fsp3) is 1.00. The summed E-state index contributed by atoms with van der Waals surface area (Å²) in [5.41, 5.74) is 0. The van der Waals surface area contributed by atoms with Crippen LogP contribution in [0.25, 0.3) is 0 Å². The Morgan fingerprint density at radius 2 is 2.00 bits per heavy atom. The summed E-state index contributed by atoms with van der Waals surface area (Å²) in [4.78, 5) is 2.79. The molecule has 0 aromatic heterocycles. The van der Waals surface area contributed by atoms with Gasteiger partial charge >= 0.3 is 0 Å². The molecule has 1 aliphatic heterocycles. The molecule has 0 aromatic carbocycles. The Balaban J connectivity index is 1.99. The normalized spacial score (nSPS) is 36.5. The standard InChI is InChI=1S/C15H30N2O/c1-12(16-2)15-9-4-5-10-17(15)13-7-6-8-14(11-13)18-3/h12-16H,4-11H2,1-3H3. The van der Waals surface area contributed by atoms with Gasteiger partial charge in [0.05, 0.1) is 6.10 Å². The van der Waals surface area contributed by atoms with Crippen LogP contribution in [0.4, 0.5) is 0 Å². The molecular weight excluding hydrogens is 224 g/mol. The summed E-state index contributed by atoms with van der Waals surface area (Å²) in [7, 11) is 3.97. The van der Waals surface area contributed by atoms with Crippen LogP contribution in [0.3, 0.4) is 0 Å². The molecule has 0 radical (unpaired) electrons. The van der Waals surface area contributed by atoms with Crippen LogP contribution < -0.4 is 5.32 Å². The molecule has 106 valence electrons. The van der Waals surface area contributed by atoms with E-state index in [1.54, 1.807) is 0 Å². The molecule has 2 rings (SSSR count). The molecule has 0 bridgehead atoms. The molecule has 1 aliphatic carbocycles. The van der Waals surface area contributed by atoms with Gasteiger partial charge in [0.25, 0.3) is 0 Å². The van der Waals surface area contributed by atoms with Crippen LogP contribution in [-0.4, -0.2) is 49.8 Å². The Labute approximate surface area is 112 Å². The number of likely N-dealkylation sites (tertiary alicyclic amines) is 1. The van der Waals surface area contributed by atoms with E-state index in [-0.39, 0.29) is 0 Å². The third kappa shape index (κ3) is 3.25. The number of piperidine rings is 1. The highest BCUT2D eigenvalue weighted by atomic mass is 16.5. The summed E-state index contributed by atoms with van der Waals surface area (Å²) in [6.45, 7) is 3.62. The van der Waals surface area contributed by atoms with Crippen molar-refractivity contribution in [2.24, 2.45) is 0 Å². The second-order valence-corrected chi connectivity index (χ2v) is 6.06. The summed E-state index contributed by atoms with van der Waals surface area (Å²) in [5.74, 6) is 0. The van der Waals surface area contributed by atoms with Gasteiger partial charge < -0.3 is 10.1 Å². The fourth-order valence-corrected chi connectivity index (χ4v) is 3.80. The first kappa shape index (κ1) is 14.3. The zero-order valence-corrected chi connectivity index (χ0v) is 12.3. The van der Waals surface area contributed by atoms with E-state index in [9.17, 15) is 0 Å². The van der Waals surface area contributed by atoms with Crippen LogP contribution in [0, 0.1) is 0 Å². The summed E-state index contributed by atoms with van der Waals surface area (Å²) >= 11 is 0. The van der Waals surface area contributed by atoms with Crippen LogP contribution >= 0.6 is 0 Å². The minimum absolute atomic E-state index is 0.496. The quantitative estimate of drug-likeness (QED) is 0.834. The molecule has 1 heterocycles. The Morgan fingerprint density at radius 3 is 2.72 bits per heavy atom. The lowest BCUT2D eigenvalue weighted by atomic mass is 9.87. The molecule has 18 heavy (non-hydrogen) atoms. The van der Waals surface area contributed by atoms with Crippen molar-refractivity contribution in [2.45, 2.75) is 76.1 Å². The van der Waals surface area contributed by atoms with Crippen molar-refractivity contribution in [3.05, 3.63) is 0 Å². The molecule has 3 nitrogen and oxygen atoms in total. The van der Waals surface area contributed by atoms with Crippen LogP contribution in [0.15, 0.2) is 0 Å². The predicted molar refractivity (Wildman–Crippen MR) is 75.9 cm³/mol. The van der Waals surface area contributed by atoms with Gasteiger partial charge in [-0.2, -0.15) is 0 Å². The Morgan fingerprint density at radius 1 is 1.17 bits per heavy atom. The lowest BCUT2D eigenvalue weighted by Gasteiger charge is -2.46. The molecular formula is C15H30N2O. The number of likely N-dealkylation sites (N-methyl/N-ethyl adjacent to an activating group) is 1. The van der Waals surface area contributed by atoms with E-state index >= 15 is 0 Å². The Kier molecular flexibility index (Phi) is 5.46. The molecule has 1 N–H and O–H groups in total. The van der Waals surface area contributed by atoms with Gasteiger partial charge in [0.2, 0.25) is 0 Å². The van der Waals surface area contributed by atoms with Gasteiger partial charge in [0.1, 0.15) is 0 Å². The van der Waals surface area contributed by atoms with Crippen LogP contribution in [-0.2, 0) is 4.74 Å². The SMILES string of the molecule is CNC(C)C1CCCCN1C1CCCC(OC)C1. The molecule has 2 fully saturated rings. The fourth-order valence-electron chi connectivity index (χ4n) is 3.80. The van der Waals surface area contributed by atoms with Gasteiger partial charge in [-0.3, -0.25) is 4.90 Å². The van der Waals surface area contributed by atoms with E-state index < -0.39 is 0 Å². The highest BCUT2D eigenvalue weighted by Gasteiger charge is 2.34. The first-order valence-electron chi connectivity index (χ1n) is 7.72. The maximum absolute atomic E-state index is 5.59. The van der Waals surface area contributed by atoms with Gasteiger partial charge in [0.15, 0.2) is 0 Å². The van der Waals surface area contributed by atoms with E-state index in [0.717, 1.165) is 12.1 Å². The topological polar surface area (TPSA) is 24.5 Å². The number of rotatable bonds is 4. The van der Waals surface area contributed by atoms with Crippen molar-refractivity contribution < 1.29 is 4.74 Å². The molecule has 0 aromatic rings. The Bertz CT molecular complexity index is 247. The summed E-state index contributed by atoms with van der Waals surface area (Å²) in [6.07, 6.45) is 9.82. The molecule has 3 heteroatoms. The first-order valence-corrected chi connectivity index (χ1v) is 7.72. The summed E-state index contributed by atoms with van der Waals surface area (Å²) in [6, 6.07) is 2.09. The zero-order chi connectivity index (χ0) is 13.0. The number of hydrogen-bond acceptors (Lipinski definition) is 3. The second-order valence-electron chi connectivity index (χ2n) is 6.06. The van der Waals surface area contributed by atoms with Crippen LogP contribution in [0.2, 0.25) is 0 Å². The summed E-state index contributed by atoms with van der Waals surface area (Å²) < 4.78 is 5.59. The minimum atomic E-state index is 0.496. The monoisotopic (exact) mass is 254 g/mol. The lowest BCUT2D eigenvalue weighted by molar-refractivity contribution is -0.00241. The molecule has 4 atom stereocenters. The highest BCUT2D eigenvalue weighted by Crippen LogP contribution is 2.30. The van der Waals surface area contributed by atoms with E-state index in [0.29, 0.717) is 12.1 Å². The molecule has 4 unspecified atom stereocenters. The Hall–Kier alpha value is -0.120. The van der Waals surface area contributed by atoms with E-state index in [1.807, 2.05) is 7.11 Å². The number of hydrogen-bond donors (Lipinski definition) is 1. The maximum Gasteiger partial charge on any atom is 0.0586 e. The van der Waals surface area contributed by atoms with Gasteiger partial charge in [-0.1, -0.05) is 6.42 Å². The smallest absolute Gasteiger partial charge is 0.0586 e. The molecule has 1 saturated carbocycles. The third-order valence-corrected chi connectivity index (χ3v) is 5.03. The van der Waals surface area contributed by atoms with Crippen molar-refractivity contribution in [1.82, 2.24) is 10.2 Å². The maximum atomic E-state index is 5.59. The largest absolute Gasteiger partial charge is 0.381 e. The van der Waals surface area contributed by atoms with E-state index in [1.165, 1.54) is 51.5 Å². The molecule has 2 aliphatic rings. The lowest BCUT2D eigenvalue weighted by Crippen LogP contribution is -2.55. The van der Waals surface area contributed by atoms with Gasteiger partial charge in [0, 0.05) is 25.2 Å². The van der Waals surface area contributed by atoms with E-state index in [2.05, 4.69) is 24.2 Å². The first-order chi connectivity index (χ1) is 8.76. The average Bonchev–Trinajstić information content (AvgIpc) is 2.46. The van der Waals surface area contributed by atoms with Crippen LogP contribution in [0.5, 0.6) is 0 Å². The average molecular weight is 254 g/mol. The van der Waals surface area contributed by atoms with Gasteiger partial charge in [-0.25, -0.2) is 0 Å². The summed E-state index contributed by atoms with van der Waals surface area (Å²) in [5, 5.41) is 3.46. The van der Waals surface area contributed by atoms with Crippen molar-refractivity contribution in [1.29, 1.82) is 0 Å². The third-order valence-electron chi connectivity index (χ3n) is 5.03. The van der Waals surface area contributed by atoms with Gasteiger partial charge in [-0.15, -0.1) is 0 Å². The predicted octanol–water partition coefficient (Wildman–Crippen LogP) is 2.41. The number of nitrogens with one attached hydrogen (secondary N) is 1. The molecule has 0 amide bonds. The zero-order valence-electron chi connectivity index (χ0n) is 12.3. The van der Waals surface area contributed by atoms with Crippen molar-refractivity contribution in [3.63, 3.8) is 0 Å². The van der Waals surface area contributed by atoms with Crippen molar-refractivity contribution >= 4 is 0 Å². The number of methoxy groups -OCH3 is 1. The minimum Gasteiger partial charge on any atom is -0.381 e. The number of nitrogens with zero attached hydrogens (tertiary/aromatic N) is 1. The van der Waals surface area contributed by atoms with Crippen molar-refractivity contribution in [3.8, 4) is 0 Å². The second kappa shape index (κ2) is 6.88. The van der Waals surface area contributed by atoms with E-state index in [4.69, 9.17) is 4.74 Å². The number of ether oxygens (including phenoxy) is 1. The molecule has 1 saturated heterocycles. The van der Waals surface area contributed by atoms with Gasteiger partial charge in [-0.05, 0) is 59.0 Å². The van der Waals surface area contributed by atoms with Crippen molar-refractivity contribution in [2.75, 3.05) is 20.7 Å². The molecule has 0 spiro atoms.